The molecule has 0 aromatic heterocycles. The van der Waals surface area contributed by atoms with Gasteiger partial charge in [-0.15, -0.1) is 0 Å². The molecule has 2 heteroatoms. The average Bonchev–Trinajstić information content (AvgIpc) is 3.21. The Kier molecular flexibility index (Phi) is 3.17. The van der Waals surface area contributed by atoms with Crippen molar-refractivity contribution >= 4 is 14.4 Å². The first-order valence-corrected chi connectivity index (χ1v) is 11.1. The van der Waals surface area contributed by atoms with Crippen molar-refractivity contribution < 1.29 is 4.79 Å². The smallest absolute Gasteiger partial charge is 0.124 e. The van der Waals surface area contributed by atoms with Crippen molar-refractivity contribution in [3.63, 3.8) is 0 Å². The molecule has 1 aliphatic carbocycles. The van der Waals surface area contributed by atoms with Gasteiger partial charge in [0.05, 0.1) is 8.07 Å². The summed E-state index contributed by atoms with van der Waals surface area (Å²) in [5.74, 6) is 0. The third-order valence-electron chi connectivity index (χ3n) is 5.25. The van der Waals surface area contributed by atoms with E-state index >= 15 is 0 Å². The van der Waals surface area contributed by atoms with Crippen LogP contribution in [0.25, 0.3) is 0 Å². The highest BCUT2D eigenvalue weighted by atomic mass is 28.3. The monoisotopic (exact) mass is 294 g/mol. The van der Waals surface area contributed by atoms with Gasteiger partial charge in [0.15, 0.2) is 0 Å². The molecule has 1 fully saturated rings. The Labute approximate surface area is 128 Å². The molecule has 1 nitrogen and oxygen atoms in total. The lowest BCUT2D eigenvalue weighted by Gasteiger charge is -2.32. The number of carbonyl (C=O) groups excluding carboxylic acids is 1. The maximum Gasteiger partial charge on any atom is 0.124 e. The molecule has 21 heavy (non-hydrogen) atoms. The number of hydrogen-bond donors (Lipinski definition) is 0. The molecule has 0 bridgehead atoms. The zero-order valence-corrected chi connectivity index (χ0v) is 14.0. The molecule has 0 aliphatic heterocycles. The quantitative estimate of drug-likeness (QED) is 0.592. The van der Waals surface area contributed by atoms with Crippen molar-refractivity contribution in [2.75, 3.05) is 0 Å². The summed E-state index contributed by atoms with van der Waals surface area (Å²) in [5, 5.41) is -0.192. The topological polar surface area (TPSA) is 17.1 Å². The molecule has 0 N–H and O–H groups in total. The van der Waals surface area contributed by atoms with Crippen LogP contribution in [0.15, 0.2) is 60.7 Å². The van der Waals surface area contributed by atoms with Gasteiger partial charge < -0.3 is 4.79 Å². The molecule has 3 rings (SSSR count). The number of aldehydes is 1. The zero-order valence-electron chi connectivity index (χ0n) is 13.0. The maximum absolute atomic E-state index is 12.1. The van der Waals surface area contributed by atoms with Crippen LogP contribution < -0.4 is 0 Å². The van der Waals surface area contributed by atoms with Crippen molar-refractivity contribution in [2.45, 2.75) is 36.5 Å². The lowest BCUT2D eigenvalue weighted by Crippen LogP contribution is -2.37. The maximum atomic E-state index is 12.1. The van der Waals surface area contributed by atoms with Gasteiger partial charge >= 0.3 is 0 Å². The van der Waals surface area contributed by atoms with E-state index in [1.165, 1.54) is 17.4 Å². The Morgan fingerprint density at radius 1 is 0.857 bits per heavy atom. The molecule has 1 atom stereocenters. The van der Waals surface area contributed by atoms with Gasteiger partial charge in [0.25, 0.3) is 0 Å². The second-order valence-electron chi connectivity index (χ2n) is 7.15. The number of hydrogen-bond acceptors (Lipinski definition) is 1. The highest BCUT2D eigenvalue weighted by Crippen LogP contribution is 2.76. The molecule has 1 unspecified atom stereocenters. The molecular weight excluding hydrogens is 272 g/mol. The molecule has 0 spiro atoms. The minimum absolute atomic E-state index is 0.123. The summed E-state index contributed by atoms with van der Waals surface area (Å²) in [4.78, 5) is 12.1. The Hall–Kier alpha value is -1.67. The minimum Gasteiger partial charge on any atom is -0.303 e. The highest BCUT2D eigenvalue weighted by molar-refractivity contribution is 6.83. The van der Waals surface area contributed by atoms with E-state index in [0.29, 0.717) is 0 Å². The van der Waals surface area contributed by atoms with E-state index in [1.54, 1.807) is 0 Å². The Morgan fingerprint density at radius 2 is 1.29 bits per heavy atom. The number of benzene rings is 2. The van der Waals surface area contributed by atoms with E-state index in [9.17, 15) is 4.79 Å². The summed E-state index contributed by atoms with van der Waals surface area (Å²) in [7, 11) is -1.64. The highest BCUT2D eigenvalue weighted by Gasteiger charge is 2.73. The first kappa shape index (κ1) is 14.3. The van der Waals surface area contributed by atoms with Crippen LogP contribution >= 0.6 is 0 Å². The minimum atomic E-state index is -1.64. The molecule has 0 amide bonds. The first-order valence-electron chi connectivity index (χ1n) is 7.55. The molecule has 1 saturated carbocycles. The summed E-state index contributed by atoms with van der Waals surface area (Å²) in [5.41, 5.74) is 2.44. The molecule has 2 aromatic rings. The fourth-order valence-electron chi connectivity index (χ4n) is 3.93. The van der Waals surface area contributed by atoms with Gasteiger partial charge in [-0.05, 0) is 17.5 Å². The van der Waals surface area contributed by atoms with E-state index in [0.717, 1.165) is 6.42 Å². The van der Waals surface area contributed by atoms with E-state index in [-0.39, 0.29) is 10.5 Å². The van der Waals surface area contributed by atoms with Gasteiger partial charge in [-0.2, -0.15) is 0 Å². The van der Waals surface area contributed by atoms with Crippen molar-refractivity contribution in [3.05, 3.63) is 71.8 Å². The van der Waals surface area contributed by atoms with Crippen LogP contribution in [-0.2, 0) is 10.2 Å². The molecule has 108 valence electrons. The van der Waals surface area contributed by atoms with Gasteiger partial charge in [-0.1, -0.05) is 80.3 Å². The van der Waals surface area contributed by atoms with E-state index in [1.807, 2.05) is 12.1 Å². The summed E-state index contributed by atoms with van der Waals surface area (Å²) in [6, 6.07) is 21.1. The second-order valence-corrected chi connectivity index (χ2v) is 12.5. The lowest BCUT2D eigenvalue weighted by atomic mass is 9.85. The third-order valence-corrected chi connectivity index (χ3v) is 8.65. The van der Waals surface area contributed by atoms with Crippen molar-refractivity contribution in [1.29, 1.82) is 0 Å². The largest absolute Gasteiger partial charge is 0.303 e. The summed E-state index contributed by atoms with van der Waals surface area (Å²) < 4.78 is 0. The normalized spacial score (nSPS) is 23.6. The Bertz CT molecular complexity index is 603. The van der Waals surface area contributed by atoms with E-state index in [2.05, 4.69) is 68.2 Å². The first-order chi connectivity index (χ1) is 9.98. The molecule has 0 saturated heterocycles. The predicted molar refractivity (Wildman–Crippen MR) is 90.4 cm³/mol. The van der Waals surface area contributed by atoms with Gasteiger partial charge in [-0.3, -0.25) is 0 Å². The summed E-state index contributed by atoms with van der Waals surface area (Å²) >= 11 is 0. The average molecular weight is 294 g/mol. The van der Waals surface area contributed by atoms with E-state index < -0.39 is 8.07 Å². The van der Waals surface area contributed by atoms with Crippen molar-refractivity contribution in [2.24, 2.45) is 0 Å². The van der Waals surface area contributed by atoms with Gasteiger partial charge in [-0.25, -0.2) is 0 Å². The second kappa shape index (κ2) is 4.67. The van der Waals surface area contributed by atoms with Crippen LogP contribution in [0.3, 0.4) is 0 Å². The van der Waals surface area contributed by atoms with Crippen LogP contribution in [0.5, 0.6) is 0 Å². The van der Waals surface area contributed by atoms with Crippen LogP contribution in [-0.4, -0.2) is 14.4 Å². The summed E-state index contributed by atoms with van der Waals surface area (Å²) in [6.07, 6.45) is 2.21. The third kappa shape index (κ3) is 1.85. The van der Waals surface area contributed by atoms with Crippen LogP contribution in [0.1, 0.15) is 17.5 Å². The Balaban J connectivity index is 2.23. The van der Waals surface area contributed by atoms with Crippen LogP contribution in [0, 0.1) is 0 Å². The van der Waals surface area contributed by atoms with Crippen molar-refractivity contribution in [1.82, 2.24) is 0 Å². The van der Waals surface area contributed by atoms with Gasteiger partial charge in [0, 0.05) is 10.5 Å². The fraction of sp³-hybridized carbons (Fsp3) is 0.316. The van der Waals surface area contributed by atoms with Gasteiger partial charge in [0.1, 0.15) is 6.29 Å². The zero-order chi connectivity index (χ0) is 15.1. The molecule has 0 heterocycles. The number of carbonyl (C=O) groups is 1. The van der Waals surface area contributed by atoms with Crippen LogP contribution in [0.4, 0.5) is 0 Å². The summed E-state index contributed by atoms with van der Waals surface area (Å²) in [6.45, 7) is 6.94. The predicted octanol–water partition coefficient (Wildman–Crippen LogP) is 4.65. The standard InChI is InChI=1S/C19H22OSi/c1-21(2,3)18(15-20)14-19(18,16-10-6-4-7-11-16)17-12-8-5-9-13-17/h4-13,15H,14H2,1-3H3. The molecule has 1 aliphatic rings. The molecular formula is C19H22OSi. The molecule has 0 radical (unpaired) electrons. The Morgan fingerprint density at radius 3 is 1.57 bits per heavy atom. The van der Waals surface area contributed by atoms with Crippen molar-refractivity contribution in [3.8, 4) is 0 Å². The number of rotatable bonds is 4. The van der Waals surface area contributed by atoms with Gasteiger partial charge in [0.2, 0.25) is 0 Å². The van der Waals surface area contributed by atoms with Crippen LogP contribution in [0.2, 0.25) is 24.7 Å². The van der Waals surface area contributed by atoms with E-state index in [4.69, 9.17) is 0 Å². The SMILES string of the molecule is C[Si](C)(C)C1(C=O)CC1(c1ccccc1)c1ccccc1. The molecule has 2 aromatic carbocycles. The fourth-order valence-corrected chi connectivity index (χ4v) is 6.65. The lowest BCUT2D eigenvalue weighted by molar-refractivity contribution is -0.108.